The third-order valence-electron chi connectivity index (χ3n) is 3.15. The highest BCUT2D eigenvalue weighted by Crippen LogP contribution is 2.38. The van der Waals surface area contributed by atoms with Crippen LogP contribution in [0.4, 0.5) is 5.82 Å². The fourth-order valence-corrected chi connectivity index (χ4v) is 2.04. The van der Waals surface area contributed by atoms with E-state index in [-0.39, 0.29) is 5.91 Å². The molecule has 1 aromatic carbocycles. The van der Waals surface area contributed by atoms with Crippen molar-refractivity contribution in [3.63, 3.8) is 0 Å². The largest absolute Gasteiger partial charge is 0.493 e. The van der Waals surface area contributed by atoms with E-state index in [0.29, 0.717) is 34.4 Å². The zero-order valence-electron chi connectivity index (χ0n) is 13.4. The van der Waals surface area contributed by atoms with Gasteiger partial charge in [0.2, 0.25) is 5.75 Å². The van der Waals surface area contributed by atoms with Gasteiger partial charge >= 0.3 is 0 Å². The Balaban J connectivity index is 2.36. The van der Waals surface area contributed by atoms with Crippen molar-refractivity contribution in [1.29, 1.82) is 0 Å². The van der Waals surface area contributed by atoms with Crippen LogP contribution in [0.2, 0.25) is 0 Å². The third kappa shape index (κ3) is 3.45. The molecular formula is C16H18N2O5. The molecular weight excluding hydrogens is 300 g/mol. The number of amides is 1. The Hall–Kier alpha value is -2.96. The second-order valence-electron chi connectivity index (χ2n) is 4.42. The first kappa shape index (κ1) is 16.4. The summed E-state index contributed by atoms with van der Waals surface area (Å²) < 4.78 is 20.9. The molecule has 0 radical (unpaired) electrons. The predicted octanol–water partition coefficient (Wildman–Crippen LogP) is 2.37. The van der Waals surface area contributed by atoms with Gasteiger partial charge in [-0.3, -0.25) is 4.79 Å². The Labute approximate surface area is 134 Å². The molecule has 0 saturated carbocycles. The highest BCUT2D eigenvalue weighted by molar-refractivity contribution is 6.05. The number of hydrogen-bond acceptors (Lipinski definition) is 6. The summed E-state index contributed by atoms with van der Waals surface area (Å²) in [6, 6.07) is 6.55. The summed E-state index contributed by atoms with van der Waals surface area (Å²) >= 11 is 0. The van der Waals surface area contributed by atoms with Crippen LogP contribution in [0.15, 0.2) is 30.5 Å². The van der Waals surface area contributed by atoms with E-state index in [4.69, 9.17) is 18.9 Å². The van der Waals surface area contributed by atoms with Gasteiger partial charge in [-0.05, 0) is 24.3 Å². The number of pyridine rings is 1. The van der Waals surface area contributed by atoms with Crippen LogP contribution >= 0.6 is 0 Å². The Kier molecular flexibility index (Phi) is 5.24. The number of rotatable bonds is 6. The molecule has 23 heavy (non-hydrogen) atoms. The molecule has 1 heterocycles. The Bertz CT molecular complexity index is 678. The molecule has 2 rings (SSSR count). The highest BCUT2D eigenvalue weighted by atomic mass is 16.5. The minimum absolute atomic E-state index is 0.328. The number of nitrogens with one attached hydrogen (secondary N) is 1. The van der Waals surface area contributed by atoms with Crippen LogP contribution in [-0.4, -0.2) is 39.3 Å². The fourth-order valence-electron chi connectivity index (χ4n) is 2.04. The van der Waals surface area contributed by atoms with E-state index >= 15 is 0 Å². The number of carbonyl (C=O) groups excluding carboxylic acids is 1. The van der Waals surface area contributed by atoms with Crippen molar-refractivity contribution < 1.29 is 23.7 Å². The molecule has 0 unspecified atom stereocenters. The lowest BCUT2D eigenvalue weighted by molar-refractivity contribution is 0.102. The lowest BCUT2D eigenvalue weighted by Crippen LogP contribution is -2.14. The quantitative estimate of drug-likeness (QED) is 0.881. The van der Waals surface area contributed by atoms with Gasteiger partial charge in [0, 0.05) is 11.8 Å². The van der Waals surface area contributed by atoms with E-state index in [1.165, 1.54) is 28.4 Å². The molecule has 0 fully saturated rings. The molecule has 7 nitrogen and oxygen atoms in total. The van der Waals surface area contributed by atoms with Gasteiger partial charge in [-0.1, -0.05) is 0 Å². The van der Waals surface area contributed by atoms with Crippen molar-refractivity contribution in [1.82, 2.24) is 4.98 Å². The van der Waals surface area contributed by atoms with Crippen molar-refractivity contribution in [2.24, 2.45) is 0 Å². The molecule has 0 saturated heterocycles. The SMILES string of the molecule is COc1cccnc1NC(=O)c1cc(OC)c(OC)c(OC)c1. The van der Waals surface area contributed by atoms with E-state index in [1.807, 2.05) is 0 Å². The smallest absolute Gasteiger partial charge is 0.257 e. The number of anilines is 1. The van der Waals surface area contributed by atoms with E-state index in [1.54, 1.807) is 30.5 Å². The summed E-state index contributed by atoms with van der Waals surface area (Å²) in [7, 11) is 5.98. The second kappa shape index (κ2) is 7.35. The highest BCUT2D eigenvalue weighted by Gasteiger charge is 2.18. The topological polar surface area (TPSA) is 78.9 Å². The first-order valence-electron chi connectivity index (χ1n) is 6.75. The van der Waals surface area contributed by atoms with Gasteiger partial charge < -0.3 is 24.3 Å². The monoisotopic (exact) mass is 318 g/mol. The second-order valence-corrected chi connectivity index (χ2v) is 4.42. The maximum absolute atomic E-state index is 12.5. The summed E-state index contributed by atoms with van der Waals surface area (Å²) in [5.41, 5.74) is 0.340. The zero-order valence-corrected chi connectivity index (χ0v) is 13.4. The molecule has 0 aliphatic heterocycles. The molecule has 122 valence electrons. The Morgan fingerprint density at radius 3 is 2.09 bits per heavy atom. The zero-order chi connectivity index (χ0) is 16.8. The summed E-state index contributed by atoms with van der Waals surface area (Å²) in [4.78, 5) is 16.5. The van der Waals surface area contributed by atoms with Crippen LogP contribution < -0.4 is 24.3 Å². The minimum Gasteiger partial charge on any atom is -0.493 e. The summed E-state index contributed by atoms with van der Waals surface area (Å²) in [6.07, 6.45) is 1.56. The number of benzene rings is 1. The van der Waals surface area contributed by atoms with Crippen LogP contribution in [0.3, 0.4) is 0 Å². The molecule has 1 N–H and O–H groups in total. The molecule has 1 amide bonds. The molecule has 2 aromatic rings. The summed E-state index contributed by atoms with van der Waals surface area (Å²) in [6.45, 7) is 0. The average Bonchev–Trinajstić information content (AvgIpc) is 2.60. The van der Waals surface area contributed by atoms with Crippen LogP contribution in [0.25, 0.3) is 0 Å². The van der Waals surface area contributed by atoms with Crippen molar-refractivity contribution >= 4 is 11.7 Å². The van der Waals surface area contributed by atoms with Crippen LogP contribution in [-0.2, 0) is 0 Å². The van der Waals surface area contributed by atoms with Gasteiger partial charge in [0.25, 0.3) is 5.91 Å². The van der Waals surface area contributed by atoms with Gasteiger partial charge in [0.15, 0.2) is 23.1 Å². The number of ether oxygens (including phenoxy) is 4. The van der Waals surface area contributed by atoms with Crippen molar-refractivity contribution in [3.8, 4) is 23.0 Å². The lowest BCUT2D eigenvalue weighted by Gasteiger charge is -2.14. The maximum Gasteiger partial charge on any atom is 0.257 e. The summed E-state index contributed by atoms with van der Waals surface area (Å²) in [5, 5.41) is 2.69. The molecule has 1 aromatic heterocycles. The summed E-state index contributed by atoms with van der Waals surface area (Å²) in [5.74, 6) is 1.63. The number of methoxy groups -OCH3 is 4. The first-order chi connectivity index (χ1) is 11.1. The first-order valence-corrected chi connectivity index (χ1v) is 6.75. The van der Waals surface area contributed by atoms with E-state index in [0.717, 1.165) is 0 Å². The van der Waals surface area contributed by atoms with E-state index < -0.39 is 0 Å². The molecule has 7 heteroatoms. The molecule has 0 aliphatic carbocycles. The van der Waals surface area contributed by atoms with E-state index in [9.17, 15) is 4.79 Å². The average molecular weight is 318 g/mol. The van der Waals surface area contributed by atoms with E-state index in [2.05, 4.69) is 10.3 Å². The number of hydrogen-bond donors (Lipinski definition) is 1. The van der Waals surface area contributed by atoms with Crippen LogP contribution in [0.1, 0.15) is 10.4 Å². The molecule has 0 bridgehead atoms. The van der Waals surface area contributed by atoms with Gasteiger partial charge in [0.05, 0.1) is 28.4 Å². The number of nitrogens with zero attached hydrogens (tertiary/aromatic N) is 1. The molecule has 0 aliphatic rings. The van der Waals surface area contributed by atoms with Crippen molar-refractivity contribution in [2.75, 3.05) is 33.8 Å². The fraction of sp³-hybridized carbons (Fsp3) is 0.250. The van der Waals surface area contributed by atoms with Gasteiger partial charge in [0.1, 0.15) is 0 Å². The van der Waals surface area contributed by atoms with Crippen molar-refractivity contribution in [3.05, 3.63) is 36.0 Å². The lowest BCUT2D eigenvalue weighted by atomic mass is 10.1. The van der Waals surface area contributed by atoms with Gasteiger partial charge in [-0.15, -0.1) is 0 Å². The Morgan fingerprint density at radius 2 is 1.57 bits per heavy atom. The third-order valence-corrected chi connectivity index (χ3v) is 3.15. The maximum atomic E-state index is 12.5. The van der Waals surface area contributed by atoms with Gasteiger partial charge in [-0.25, -0.2) is 4.98 Å². The minimum atomic E-state index is -0.374. The van der Waals surface area contributed by atoms with Gasteiger partial charge in [-0.2, -0.15) is 0 Å². The van der Waals surface area contributed by atoms with Crippen molar-refractivity contribution in [2.45, 2.75) is 0 Å². The number of carbonyl (C=O) groups is 1. The number of aromatic nitrogens is 1. The standard InChI is InChI=1S/C16H18N2O5/c1-20-11-6-5-7-17-15(11)18-16(19)10-8-12(21-2)14(23-4)13(9-10)22-3/h5-9H,1-4H3,(H,17,18,19). The molecule has 0 atom stereocenters. The normalized spacial score (nSPS) is 9.91. The van der Waals surface area contributed by atoms with Crippen LogP contribution in [0.5, 0.6) is 23.0 Å². The Morgan fingerprint density at radius 1 is 0.957 bits per heavy atom. The van der Waals surface area contributed by atoms with Crippen LogP contribution in [0, 0.1) is 0 Å². The molecule has 0 spiro atoms. The predicted molar refractivity (Wildman–Crippen MR) is 84.8 cm³/mol.